The van der Waals surface area contributed by atoms with E-state index in [9.17, 15) is 14.7 Å². The van der Waals surface area contributed by atoms with E-state index in [0.29, 0.717) is 26.6 Å². The number of benzene rings is 3. The van der Waals surface area contributed by atoms with Gasteiger partial charge in [0, 0.05) is 22.7 Å². The van der Waals surface area contributed by atoms with Crippen molar-refractivity contribution in [1.29, 1.82) is 0 Å². The Morgan fingerprint density at radius 2 is 1.50 bits per heavy atom. The third-order valence-electron chi connectivity index (χ3n) is 8.65. The highest BCUT2D eigenvalue weighted by Gasteiger charge is 2.59. The average Bonchev–Trinajstić information content (AvgIpc) is 3.31. The number of ether oxygens (including phenoxy) is 1. The molecule has 0 aliphatic carbocycles. The van der Waals surface area contributed by atoms with Crippen LogP contribution in [0, 0.1) is 11.7 Å². The Morgan fingerprint density at radius 3 is 2.00 bits per heavy atom. The Hall–Kier alpha value is -2.95. The second-order valence-corrected chi connectivity index (χ2v) is 12.5. The number of halogens is 3. The maximum Gasteiger partial charge on any atom is 0.494 e. The van der Waals surface area contributed by atoms with Crippen molar-refractivity contribution in [3.8, 4) is 0 Å². The van der Waals surface area contributed by atoms with Gasteiger partial charge in [-0.05, 0) is 82.0 Å². The molecule has 7 nitrogen and oxygen atoms in total. The molecule has 1 fully saturated rings. The fourth-order valence-electron chi connectivity index (χ4n) is 5.71. The van der Waals surface area contributed by atoms with Crippen LogP contribution >= 0.6 is 23.2 Å². The second-order valence-electron chi connectivity index (χ2n) is 11.7. The average molecular weight is 614 g/mol. The number of methoxy groups -OCH3 is 1. The molecule has 0 spiro atoms. The van der Waals surface area contributed by atoms with Crippen molar-refractivity contribution in [2.45, 2.75) is 57.6 Å². The molecule has 3 atom stereocenters. The van der Waals surface area contributed by atoms with Crippen LogP contribution in [0.15, 0.2) is 60.7 Å². The number of carboxylic acids is 1. The van der Waals surface area contributed by atoms with Gasteiger partial charge in [0.15, 0.2) is 5.72 Å². The summed E-state index contributed by atoms with van der Waals surface area (Å²) < 4.78 is 35.0. The third kappa shape index (κ3) is 4.72. The molecule has 1 amide bonds. The lowest BCUT2D eigenvalue weighted by molar-refractivity contribution is -0.149. The van der Waals surface area contributed by atoms with Crippen LogP contribution < -0.4 is 5.46 Å². The number of hydrogen-bond acceptors (Lipinski definition) is 5. The van der Waals surface area contributed by atoms with E-state index in [2.05, 4.69) is 0 Å². The van der Waals surface area contributed by atoms with Gasteiger partial charge in [0.05, 0.1) is 34.3 Å². The van der Waals surface area contributed by atoms with Crippen LogP contribution in [0.2, 0.25) is 10.0 Å². The van der Waals surface area contributed by atoms with E-state index in [0.717, 1.165) is 0 Å². The molecule has 2 heterocycles. The minimum Gasteiger partial charge on any atom is -0.481 e. The van der Waals surface area contributed by atoms with Crippen LogP contribution in [0.3, 0.4) is 0 Å². The first-order valence-electron chi connectivity index (χ1n) is 13.5. The van der Waals surface area contributed by atoms with Gasteiger partial charge in [-0.2, -0.15) is 0 Å². The maximum atomic E-state index is 16.5. The van der Waals surface area contributed by atoms with Crippen LogP contribution in [-0.2, 0) is 24.6 Å². The molecular formula is C31H31BCl2FNO6. The zero-order chi connectivity index (χ0) is 30.8. The van der Waals surface area contributed by atoms with Crippen LogP contribution in [-0.4, -0.2) is 47.3 Å². The Kier molecular flexibility index (Phi) is 7.73. The van der Waals surface area contributed by atoms with Gasteiger partial charge >= 0.3 is 13.1 Å². The van der Waals surface area contributed by atoms with Crippen molar-refractivity contribution in [3.05, 3.63) is 98.8 Å². The Morgan fingerprint density at radius 1 is 0.976 bits per heavy atom. The number of carbonyl (C=O) groups is 2. The Labute approximate surface area is 254 Å². The Balaban J connectivity index is 1.78. The number of amides is 1. The van der Waals surface area contributed by atoms with Crippen molar-refractivity contribution in [2.24, 2.45) is 5.92 Å². The van der Waals surface area contributed by atoms with E-state index in [1.807, 2.05) is 27.7 Å². The van der Waals surface area contributed by atoms with Gasteiger partial charge in [0.2, 0.25) is 0 Å². The first kappa shape index (κ1) is 30.5. The summed E-state index contributed by atoms with van der Waals surface area (Å²) in [5, 5.41) is 11.1. The number of fused-ring (bicyclic) bond motifs is 1. The van der Waals surface area contributed by atoms with Crippen molar-refractivity contribution in [2.75, 3.05) is 7.11 Å². The number of rotatable bonds is 7. The molecule has 42 heavy (non-hydrogen) atoms. The van der Waals surface area contributed by atoms with Crippen molar-refractivity contribution in [1.82, 2.24) is 4.90 Å². The summed E-state index contributed by atoms with van der Waals surface area (Å²) in [6, 6.07) is 14.7. The highest BCUT2D eigenvalue weighted by molar-refractivity contribution is 6.62. The number of hydrogen-bond donors (Lipinski definition) is 1. The molecule has 1 saturated heterocycles. The lowest BCUT2D eigenvalue weighted by Gasteiger charge is -2.44. The summed E-state index contributed by atoms with van der Waals surface area (Å²) in [5.74, 6) is -3.63. The zero-order valence-corrected chi connectivity index (χ0v) is 25.6. The van der Waals surface area contributed by atoms with E-state index in [4.69, 9.17) is 37.2 Å². The largest absolute Gasteiger partial charge is 0.494 e. The predicted molar refractivity (Wildman–Crippen MR) is 159 cm³/mol. The zero-order valence-electron chi connectivity index (χ0n) is 24.1. The van der Waals surface area contributed by atoms with Gasteiger partial charge in [-0.3, -0.25) is 14.5 Å². The third-order valence-corrected chi connectivity index (χ3v) is 9.15. The smallest absolute Gasteiger partial charge is 0.481 e. The summed E-state index contributed by atoms with van der Waals surface area (Å²) in [6.07, 6.45) is 0. The molecule has 0 unspecified atom stereocenters. The van der Waals surface area contributed by atoms with Crippen molar-refractivity contribution >= 4 is 47.7 Å². The first-order chi connectivity index (χ1) is 19.6. The molecular weight excluding hydrogens is 583 g/mol. The monoisotopic (exact) mass is 613 g/mol. The number of nitrogens with zero attached hydrogens (tertiary/aromatic N) is 1. The van der Waals surface area contributed by atoms with Crippen LogP contribution in [0.1, 0.15) is 67.7 Å². The van der Waals surface area contributed by atoms with Gasteiger partial charge in [-0.25, -0.2) is 4.39 Å². The molecule has 0 bridgehead atoms. The molecule has 220 valence electrons. The number of carbonyl (C=O) groups excluding carboxylic acids is 1. The minimum absolute atomic E-state index is 0.00747. The van der Waals surface area contributed by atoms with Gasteiger partial charge in [0.25, 0.3) is 5.91 Å². The Bertz CT molecular complexity index is 1530. The fraction of sp³-hybridized carbons (Fsp3) is 0.355. The van der Waals surface area contributed by atoms with Crippen molar-refractivity contribution in [3.63, 3.8) is 0 Å². The molecule has 0 saturated carbocycles. The van der Waals surface area contributed by atoms with E-state index in [-0.39, 0.29) is 11.1 Å². The van der Waals surface area contributed by atoms with Crippen LogP contribution in [0.25, 0.3) is 0 Å². The predicted octanol–water partition coefficient (Wildman–Crippen LogP) is 6.20. The number of carboxylic acid groups (broad SMARTS) is 1. The van der Waals surface area contributed by atoms with Gasteiger partial charge in [-0.1, -0.05) is 47.5 Å². The molecule has 2 aliphatic heterocycles. The summed E-state index contributed by atoms with van der Waals surface area (Å²) in [7, 11) is 0.421. The highest BCUT2D eigenvalue weighted by Crippen LogP contribution is 2.52. The number of aliphatic carboxylic acids is 1. The van der Waals surface area contributed by atoms with Crippen molar-refractivity contribution < 1.29 is 33.1 Å². The SMILES string of the molecule is CO[C@]1(c2ccc(Cl)cc2)c2c(F)cc(B3OC(C)(C)C(C)(C)O3)cc2C(=O)N1[C@H](c1ccc(Cl)cc1)[C@H](C)C(=O)O. The normalized spacial score (nSPS) is 22.3. The molecule has 0 aromatic heterocycles. The lowest BCUT2D eigenvalue weighted by atomic mass is 9.77. The van der Waals surface area contributed by atoms with Gasteiger partial charge in [0.1, 0.15) is 5.82 Å². The summed E-state index contributed by atoms with van der Waals surface area (Å²) in [5.41, 5.74) is -2.09. The topological polar surface area (TPSA) is 85.3 Å². The lowest BCUT2D eigenvalue weighted by Crippen LogP contribution is -2.51. The summed E-state index contributed by atoms with van der Waals surface area (Å²) in [4.78, 5) is 28.3. The second kappa shape index (κ2) is 10.6. The summed E-state index contributed by atoms with van der Waals surface area (Å²) in [6.45, 7) is 9.01. The molecule has 5 rings (SSSR count). The molecule has 3 aromatic rings. The maximum absolute atomic E-state index is 16.5. The van der Waals surface area contributed by atoms with Gasteiger partial charge in [-0.15, -0.1) is 0 Å². The van der Waals surface area contributed by atoms with E-state index in [1.54, 1.807) is 48.5 Å². The van der Waals surface area contributed by atoms with E-state index < -0.39 is 53.7 Å². The van der Waals surface area contributed by atoms with E-state index >= 15 is 4.39 Å². The standard InChI is InChI=1S/C31H31BCl2FNO6/c1-17(28(38)39)26(18-7-11-21(33)12-8-18)36-27(37)23-15-20(32-41-29(2,3)30(4,5)42-32)16-24(35)25(23)31(36,40-6)19-9-13-22(34)14-10-19/h7-17,26H,1-6H3,(H,38,39)/t17-,26-,31+/m0/s1. The molecule has 1 N–H and O–H groups in total. The quantitative estimate of drug-likeness (QED) is 0.320. The molecule has 2 aliphatic rings. The summed E-state index contributed by atoms with van der Waals surface area (Å²) >= 11 is 12.3. The van der Waals surface area contributed by atoms with Gasteiger partial charge < -0.3 is 19.2 Å². The minimum atomic E-state index is -1.84. The fourth-order valence-corrected chi connectivity index (χ4v) is 5.96. The molecule has 3 aromatic carbocycles. The first-order valence-corrected chi connectivity index (χ1v) is 14.2. The molecule has 0 radical (unpaired) electrons. The van der Waals surface area contributed by atoms with E-state index in [1.165, 1.54) is 31.1 Å². The van der Waals surface area contributed by atoms with Crippen LogP contribution in [0.5, 0.6) is 0 Å². The highest BCUT2D eigenvalue weighted by atomic mass is 35.5. The molecule has 11 heteroatoms. The van der Waals surface area contributed by atoms with Crippen LogP contribution in [0.4, 0.5) is 4.39 Å².